The average molecular weight is 227 g/mol. The molecule has 3 nitrogen and oxygen atoms in total. The average Bonchev–Trinajstić information content (AvgIpc) is 2.30. The maximum atomic E-state index is 10.4. The van der Waals surface area contributed by atoms with Gasteiger partial charge in [0.25, 0.3) is 0 Å². The van der Waals surface area contributed by atoms with Gasteiger partial charge in [-0.1, -0.05) is 32.0 Å². The predicted molar refractivity (Wildman–Crippen MR) is 64.2 cm³/mol. The molecule has 1 amide bonds. The first kappa shape index (κ1) is 13.8. The minimum Gasteiger partial charge on any atom is -0.366 e. The van der Waals surface area contributed by atoms with Crippen LogP contribution in [0, 0.1) is 0 Å². The van der Waals surface area contributed by atoms with Crippen molar-refractivity contribution in [1.82, 2.24) is 0 Å². The Morgan fingerprint density at radius 2 is 1.67 bits per heavy atom. The Balaban J connectivity index is 0.000000288. The molecule has 1 aromatic rings. The van der Waals surface area contributed by atoms with Crippen LogP contribution in [0.1, 0.15) is 24.2 Å². The molecular weight excluding hydrogens is 210 g/mol. The second-order valence-corrected chi connectivity index (χ2v) is 4.78. The lowest BCUT2D eigenvalue weighted by molar-refractivity contribution is 0.100. The van der Waals surface area contributed by atoms with E-state index in [1.165, 1.54) is 0 Å². The normalized spacial score (nSPS) is 9.27. The molecule has 0 aliphatic carbocycles. The molecule has 1 aromatic carbocycles. The largest absolute Gasteiger partial charge is 0.366 e. The number of rotatable bonds is 3. The van der Waals surface area contributed by atoms with Crippen molar-refractivity contribution in [3.05, 3.63) is 35.9 Å². The van der Waals surface area contributed by atoms with E-state index in [2.05, 4.69) is 0 Å². The van der Waals surface area contributed by atoms with Crippen LogP contribution in [0.25, 0.3) is 0 Å². The molecule has 15 heavy (non-hydrogen) atoms. The van der Waals surface area contributed by atoms with Crippen LogP contribution < -0.4 is 5.73 Å². The second-order valence-electron chi connectivity index (χ2n) is 2.75. The van der Waals surface area contributed by atoms with Crippen LogP contribution in [-0.4, -0.2) is 21.6 Å². The third kappa shape index (κ3) is 6.85. The summed E-state index contributed by atoms with van der Waals surface area (Å²) in [5.41, 5.74) is 5.53. The van der Waals surface area contributed by atoms with Gasteiger partial charge in [0.05, 0.1) is 0 Å². The summed E-state index contributed by atoms with van der Waals surface area (Å²) in [4.78, 5) is 10.4. The number of carbonyl (C=O) groups is 1. The molecule has 0 aliphatic rings. The van der Waals surface area contributed by atoms with Crippen LogP contribution in [0.5, 0.6) is 0 Å². The molecule has 0 radical (unpaired) electrons. The van der Waals surface area contributed by atoms with E-state index in [0.717, 1.165) is 11.5 Å². The SMILES string of the molecule is CCS(=O)CC.NC(=O)c1ccccc1. The Morgan fingerprint density at radius 1 is 1.20 bits per heavy atom. The number of nitrogens with two attached hydrogens (primary N) is 1. The Kier molecular flexibility index (Phi) is 7.54. The summed E-state index contributed by atoms with van der Waals surface area (Å²) < 4.78 is 10.3. The van der Waals surface area contributed by atoms with Crippen molar-refractivity contribution >= 4 is 16.7 Å². The highest BCUT2D eigenvalue weighted by molar-refractivity contribution is 7.84. The topological polar surface area (TPSA) is 60.2 Å². The van der Waals surface area contributed by atoms with Crippen LogP contribution in [0.2, 0.25) is 0 Å². The zero-order valence-corrected chi connectivity index (χ0v) is 9.92. The third-order valence-corrected chi connectivity index (χ3v) is 2.99. The summed E-state index contributed by atoms with van der Waals surface area (Å²) in [7, 11) is -0.534. The van der Waals surface area contributed by atoms with Crippen molar-refractivity contribution in [3.63, 3.8) is 0 Å². The highest BCUT2D eigenvalue weighted by atomic mass is 32.2. The molecule has 0 spiro atoms. The molecule has 4 heteroatoms. The van der Waals surface area contributed by atoms with Gasteiger partial charge in [-0.25, -0.2) is 0 Å². The fourth-order valence-corrected chi connectivity index (χ4v) is 1.21. The van der Waals surface area contributed by atoms with Gasteiger partial charge in [0, 0.05) is 27.9 Å². The summed E-state index contributed by atoms with van der Waals surface area (Å²) in [6.07, 6.45) is 0. The highest BCUT2D eigenvalue weighted by Gasteiger charge is 1.93. The van der Waals surface area contributed by atoms with Gasteiger partial charge in [-0.3, -0.25) is 9.00 Å². The minimum absolute atomic E-state index is 0.379. The van der Waals surface area contributed by atoms with Gasteiger partial charge >= 0.3 is 0 Å². The van der Waals surface area contributed by atoms with Crippen molar-refractivity contribution in [2.45, 2.75) is 13.8 Å². The van der Waals surface area contributed by atoms with E-state index in [4.69, 9.17) is 5.73 Å². The molecule has 0 saturated heterocycles. The Morgan fingerprint density at radius 3 is 1.87 bits per heavy atom. The Hall–Kier alpha value is -1.16. The zero-order chi connectivity index (χ0) is 11.7. The summed E-state index contributed by atoms with van der Waals surface area (Å²) in [6.45, 7) is 3.86. The van der Waals surface area contributed by atoms with E-state index >= 15 is 0 Å². The van der Waals surface area contributed by atoms with Gasteiger partial charge in [-0.05, 0) is 12.1 Å². The second kappa shape index (κ2) is 8.17. The number of carbonyl (C=O) groups excluding carboxylic acids is 1. The van der Waals surface area contributed by atoms with Crippen LogP contribution >= 0.6 is 0 Å². The van der Waals surface area contributed by atoms with Gasteiger partial charge in [-0.2, -0.15) is 0 Å². The number of hydrogen-bond donors (Lipinski definition) is 1. The smallest absolute Gasteiger partial charge is 0.248 e. The van der Waals surface area contributed by atoms with E-state index in [1.54, 1.807) is 24.3 Å². The molecule has 0 aromatic heterocycles. The molecule has 0 bridgehead atoms. The third-order valence-electron chi connectivity index (χ3n) is 1.70. The van der Waals surface area contributed by atoms with Gasteiger partial charge in [0.1, 0.15) is 0 Å². The van der Waals surface area contributed by atoms with E-state index in [0.29, 0.717) is 5.56 Å². The molecule has 0 saturated carbocycles. The molecule has 1 rings (SSSR count). The lowest BCUT2D eigenvalue weighted by Gasteiger charge is -1.89. The van der Waals surface area contributed by atoms with Gasteiger partial charge in [-0.15, -0.1) is 0 Å². The lowest BCUT2D eigenvalue weighted by atomic mass is 10.2. The van der Waals surface area contributed by atoms with E-state index in [1.807, 2.05) is 19.9 Å². The highest BCUT2D eigenvalue weighted by Crippen LogP contribution is 1.94. The van der Waals surface area contributed by atoms with Gasteiger partial charge in [0.15, 0.2) is 0 Å². The number of benzene rings is 1. The Labute approximate surface area is 93.1 Å². The first-order valence-corrected chi connectivity index (χ1v) is 6.30. The van der Waals surface area contributed by atoms with Gasteiger partial charge < -0.3 is 5.73 Å². The maximum Gasteiger partial charge on any atom is 0.248 e. The first-order chi connectivity index (χ1) is 7.11. The predicted octanol–water partition coefficient (Wildman–Crippen LogP) is 1.56. The molecule has 2 N–H and O–H groups in total. The summed E-state index contributed by atoms with van der Waals surface area (Å²) in [6, 6.07) is 8.76. The van der Waals surface area contributed by atoms with Crippen LogP contribution in [0.15, 0.2) is 30.3 Å². The Bertz CT molecular complexity index is 306. The van der Waals surface area contributed by atoms with Crippen molar-refractivity contribution in [2.24, 2.45) is 5.73 Å². The van der Waals surface area contributed by atoms with E-state index in [9.17, 15) is 9.00 Å². The number of hydrogen-bond acceptors (Lipinski definition) is 2. The minimum atomic E-state index is -0.534. The maximum absolute atomic E-state index is 10.4. The summed E-state index contributed by atoms with van der Waals surface area (Å²) >= 11 is 0. The van der Waals surface area contributed by atoms with Crippen molar-refractivity contribution in [1.29, 1.82) is 0 Å². The standard InChI is InChI=1S/C7H7NO.C4H10OS/c8-7(9)6-4-2-1-3-5-6;1-3-6(5)4-2/h1-5H,(H2,8,9);3-4H2,1-2H3. The molecular formula is C11H17NO2S. The fraction of sp³-hybridized carbons (Fsp3) is 0.364. The monoisotopic (exact) mass is 227 g/mol. The molecule has 0 heterocycles. The van der Waals surface area contributed by atoms with Crippen LogP contribution in [0.3, 0.4) is 0 Å². The quantitative estimate of drug-likeness (QED) is 0.852. The van der Waals surface area contributed by atoms with Crippen LogP contribution in [-0.2, 0) is 10.8 Å². The van der Waals surface area contributed by atoms with Crippen molar-refractivity contribution < 1.29 is 9.00 Å². The van der Waals surface area contributed by atoms with Crippen molar-refractivity contribution in [3.8, 4) is 0 Å². The fourth-order valence-electron chi connectivity index (χ4n) is 0.807. The zero-order valence-electron chi connectivity index (χ0n) is 9.10. The summed E-state index contributed by atoms with van der Waals surface area (Å²) in [5.74, 6) is 1.23. The van der Waals surface area contributed by atoms with Crippen molar-refractivity contribution in [2.75, 3.05) is 11.5 Å². The van der Waals surface area contributed by atoms with E-state index < -0.39 is 10.8 Å². The molecule has 84 valence electrons. The molecule has 0 fully saturated rings. The first-order valence-electron chi connectivity index (χ1n) is 4.81. The van der Waals surface area contributed by atoms with Gasteiger partial charge in [0.2, 0.25) is 5.91 Å². The van der Waals surface area contributed by atoms with Crippen LogP contribution in [0.4, 0.5) is 0 Å². The number of amides is 1. The summed E-state index contributed by atoms with van der Waals surface area (Å²) in [5, 5.41) is 0. The molecule has 0 aliphatic heterocycles. The number of primary amides is 1. The van der Waals surface area contributed by atoms with E-state index in [-0.39, 0.29) is 5.91 Å². The molecule has 0 atom stereocenters. The molecule has 0 unspecified atom stereocenters. The lowest BCUT2D eigenvalue weighted by Crippen LogP contribution is -2.09.